The van der Waals surface area contributed by atoms with Crippen molar-refractivity contribution in [2.45, 2.75) is 32.6 Å². The van der Waals surface area contributed by atoms with Crippen LogP contribution in [0, 0.1) is 0 Å². The van der Waals surface area contributed by atoms with E-state index in [1.165, 1.54) is 0 Å². The molecule has 0 unspecified atom stereocenters. The average Bonchev–Trinajstić information content (AvgIpc) is 2.86. The van der Waals surface area contributed by atoms with E-state index in [4.69, 9.17) is 48.4 Å². The van der Waals surface area contributed by atoms with Crippen molar-refractivity contribution in [3.63, 3.8) is 0 Å². The molecule has 0 fully saturated rings. The van der Waals surface area contributed by atoms with Gasteiger partial charge in [0.05, 0.1) is 106 Å². The smallest absolute Gasteiger partial charge is 0.305 e. The molecule has 0 aliphatic heterocycles. The zero-order valence-corrected chi connectivity index (χ0v) is 21.7. The highest BCUT2D eigenvalue weighted by atomic mass is 16.6. The molecule has 0 amide bonds. The molecule has 0 aliphatic rings. The van der Waals surface area contributed by atoms with Crippen molar-refractivity contribution in [1.29, 1.82) is 0 Å². The molecule has 0 aromatic heterocycles. The number of unbranched alkanes of at least 4 members (excludes halogenated alkanes) is 2. The Morgan fingerprint density at radius 3 is 1.11 bits per heavy atom. The molecule has 0 aromatic rings. The van der Waals surface area contributed by atoms with Gasteiger partial charge in [-0.25, -0.2) is 0 Å². The number of carbonyl (C=O) groups is 1. The van der Waals surface area contributed by atoms with E-state index >= 15 is 0 Å². The van der Waals surface area contributed by atoms with Crippen LogP contribution >= 0.6 is 0 Å². The van der Waals surface area contributed by atoms with Gasteiger partial charge in [-0.2, -0.15) is 0 Å². The highest BCUT2D eigenvalue weighted by molar-refractivity contribution is 5.69. The van der Waals surface area contributed by atoms with Crippen LogP contribution < -0.4 is 5.73 Å². The molecule has 0 aromatic carbocycles. The van der Waals surface area contributed by atoms with E-state index in [0.29, 0.717) is 119 Å². The van der Waals surface area contributed by atoms with E-state index in [9.17, 15) is 4.79 Å². The Morgan fingerprint density at radius 2 is 0.800 bits per heavy atom. The highest BCUT2D eigenvalue weighted by Crippen LogP contribution is 2.00. The maximum atomic E-state index is 11.4. The molecule has 0 saturated heterocycles. The molecule has 0 aliphatic carbocycles. The van der Waals surface area contributed by atoms with Crippen molar-refractivity contribution in [2.24, 2.45) is 5.73 Å². The van der Waals surface area contributed by atoms with Crippen LogP contribution in [0.1, 0.15) is 32.6 Å². The fourth-order valence-corrected chi connectivity index (χ4v) is 2.53. The monoisotopic (exact) mass is 511 g/mol. The summed E-state index contributed by atoms with van der Waals surface area (Å²) < 4.78 is 48.1. The summed E-state index contributed by atoms with van der Waals surface area (Å²) in [7, 11) is 0. The molecule has 0 rings (SSSR count). The zero-order valence-electron chi connectivity index (χ0n) is 21.7. The third-order valence-electron chi connectivity index (χ3n) is 4.34. The summed E-state index contributed by atoms with van der Waals surface area (Å²) in [5.41, 5.74) is 5.32. The van der Waals surface area contributed by atoms with Gasteiger partial charge in [-0.1, -0.05) is 19.8 Å². The number of nitrogens with two attached hydrogens (primary N) is 1. The van der Waals surface area contributed by atoms with Crippen LogP contribution in [-0.4, -0.2) is 125 Å². The van der Waals surface area contributed by atoms with E-state index in [2.05, 4.69) is 6.92 Å². The lowest BCUT2D eigenvalue weighted by Gasteiger charge is -2.09. The lowest BCUT2D eigenvalue weighted by molar-refractivity contribution is -0.145. The van der Waals surface area contributed by atoms with Crippen LogP contribution in [0.4, 0.5) is 0 Å². The normalized spacial score (nSPS) is 11.3. The van der Waals surface area contributed by atoms with Gasteiger partial charge in [0.15, 0.2) is 0 Å². The summed E-state index contributed by atoms with van der Waals surface area (Å²) >= 11 is 0. The van der Waals surface area contributed by atoms with E-state index in [-0.39, 0.29) is 12.6 Å². The first-order valence-electron chi connectivity index (χ1n) is 12.8. The fraction of sp³-hybridized carbons (Fsp3) is 0.958. The van der Waals surface area contributed by atoms with Crippen LogP contribution in [0.5, 0.6) is 0 Å². The summed E-state index contributed by atoms with van der Waals surface area (Å²) in [4.78, 5) is 11.4. The second-order valence-electron chi connectivity index (χ2n) is 7.37. The van der Waals surface area contributed by atoms with E-state index in [1.807, 2.05) is 0 Å². The molecule has 0 atom stereocenters. The Labute approximate surface area is 211 Å². The maximum Gasteiger partial charge on any atom is 0.305 e. The SMILES string of the molecule is CCCCCC(=O)OCCOCCOCCOCCOCCOCCOCCOCCOCCN. The van der Waals surface area contributed by atoms with Gasteiger partial charge in [0.1, 0.15) is 6.61 Å². The minimum atomic E-state index is -0.156. The highest BCUT2D eigenvalue weighted by Gasteiger charge is 2.01. The summed E-state index contributed by atoms with van der Waals surface area (Å²) in [6, 6.07) is 0. The van der Waals surface area contributed by atoms with E-state index < -0.39 is 0 Å². The van der Waals surface area contributed by atoms with Crippen molar-refractivity contribution < 1.29 is 47.4 Å². The predicted molar refractivity (Wildman–Crippen MR) is 131 cm³/mol. The molecule has 0 spiro atoms. The summed E-state index contributed by atoms with van der Waals surface area (Å²) in [6.07, 6.45) is 3.51. The summed E-state index contributed by atoms with van der Waals surface area (Å²) in [5.74, 6) is -0.156. The summed E-state index contributed by atoms with van der Waals surface area (Å²) in [5, 5.41) is 0. The van der Waals surface area contributed by atoms with Gasteiger partial charge < -0.3 is 48.4 Å². The van der Waals surface area contributed by atoms with Crippen LogP contribution in [0.2, 0.25) is 0 Å². The minimum absolute atomic E-state index is 0.156. The van der Waals surface area contributed by atoms with Gasteiger partial charge >= 0.3 is 5.97 Å². The second kappa shape index (κ2) is 31.1. The van der Waals surface area contributed by atoms with Crippen molar-refractivity contribution >= 4 is 5.97 Å². The quantitative estimate of drug-likeness (QED) is 0.110. The molecule has 210 valence electrons. The second-order valence-corrected chi connectivity index (χ2v) is 7.37. The molecule has 35 heavy (non-hydrogen) atoms. The first-order valence-corrected chi connectivity index (χ1v) is 12.8. The largest absolute Gasteiger partial charge is 0.463 e. The summed E-state index contributed by atoms with van der Waals surface area (Å²) in [6.45, 7) is 11.0. The van der Waals surface area contributed by atoms with Crippen molar-refractivity contribution in [3.05, 3.63) is 0 Å². The Hall–Kier alpha value is -0.890. The lowest BCUT2D eigenvalue weighted by Crippen LogP contribution is -2.15. The number of hydrogen-bond acceptors (Lipinski definition) is 11. The molecule has 0 heterocycles. The number of hydrogen-bond donors (Lipinski definition) is 1. The van der Waals surface area contributed by atoms with Crippen molar-refractivity contribution in [1.82, 2.24) is 0 Å². The lowest BCUT2D eigenvalue weighted by atomic mass is 10.2. The molecule has 11 nitrogen and oxygen atoms in total. The maximum absolute atomic E-state index is 11.4. The number of carbonyl (C=O) groups excluding carboxylic acids is 1. The van der Waals surface area contributed by atoms with Crippen LogP contribution in [0.3, 0.4) is 0 Å². The number of rotatable bonds is 30. The standard InChI is InChI=1S/C24H49NO10/c1-2-3-4-5-24(26)35-23-22-34-21-20-33-19-18-32-17-16-31-15-14-30-13-12-29-11-10-28-9-8-27-7-6-25/h2-23,25H2,1H3. The molecule has 0 radical (unpaired) electrons. The fourth-order valence-electron chi connectivity index (χ4n) is 2.53. The van der Waals surface area contributed by atoms with Crippen molar-refractivity contribution in [2.75, 3.05) is 119 Å². The predicted octanol–water partition coefficient (Wildman–Crippen LogP) is 1.20. The Bertz CT molecular complexity index is 418. The van der Waals surface area contributed by atoms with Gasteiger partial charge in [0, 0.05) is 13.0 Å². The average molecular weight is 512 g/mol. The van der Waals surface area contributed by atoms with E-state index in [1.54, 1.807) is 0 Å². The Morgan fingerprint density at radius 1 is 0.486 bits per heavy atom. The van der Waals surface area contributed by atoms with Gasteiger partial charge in [0.2, 0.25) is 0 Å². The van der Waals surface area contributed by atoms with Gasteiger partial charge in [0.25, 0.3) is 0 Å². The van der Waals surface area contributed by atoms with Gasteiger partial charge in [-0.05, 0) is 6.42 Å². The van der Waals surface area contributed by atoms with E-state index in [0.717, 1.165) is 19.3 Å². The number of ether oxygens (including phenoxy) is 9. The zero-order chi connectivity index (χ0) is 25.5. The molecular weight excluding hydrogens is 462 g/mol. The molecule has 0 saturated carbocycles. The third kappa shape index (κ3) is 31.1. The molecule has 11 heteroatoms. The first kappa shape index (κ1) is 34.1. The molecule has 2 N–H and O–H groups in total. The Balaban J connectivity index is 3.06. The van der Waals surface area contributed by atoms with Crippen molar-refractivity contribution in [3.8, 4) is 0 Å². The van der Waals surface area contributed by atoms with Crippen LogP contribution in [0.25, 0.3) is 0 Å². The molecule has 0 bridgehead atoms. The third-order valence-corrected chi connectivity index (χ3v) is 4.34. The Kier molecular flexibility index (Phi) is 30.3. The number of esters is 1. The van der Waals surface area contributed by atoms with Crippen LogP contribution in [-0.2, 0) is 47.4 Å². The first-order chi connectivity index (χ1) is 17.3. The van der Waals surface area contributed by atoms with Gasteiger partial charge in [-0.15, -0.1) is 0 Å². The molecular formula is C24H49NO10. The minimum Gasteiger partial charge on any atom is -0.463 e. The van der Waals surface area contributed by atoms with Gasteiger partial charge in [-0.3, -0.25) is 4.79 Å². The topological polar surface area (TPSA) is 126 Å². The van der Waals surface area contributed by atoms with Crippen LogP contribution in [0.15, 0.2) is 0 Å².